The van der Waals surface area contributed by atoms with Crippen LogP contribution in [0.4, 0.5) is 0 Å². The molecule has 0 heterocycles. The van der Waals surface area contributed by atoms with Crippen LogP contribution in [0.5, 0.6) is 0 Å². The zero-order chi connectivity index (χ0) is 12.2. The van der Waals surface area contributed by atoms with Gasteiger partial charge in [0.05, 0.1) is 0 Å². The van der Waals surface area contributed by atoms with E-state index in [4.69, 9.17) is 23.2 Å². The molecule has 0 bridgehead atoms. The Hall–Kier alpha value is -0.500. The Morgan fingerprint density at radius 2 is 1.94 bits per heavy atom. The van der Waals surface area contributed by atoms with E-state index in [0.29, 0.717) is 0 Å². The first-order valence-electron chi connectivity index (χ1n) is 5.23. The van der Waals surface area contributed by atoms with Gasteiger partial charge in [0.2, 0.25) is 0 Å². The van der Waals surface area contributed by atoms with Crippen LogP contribution in [-0.4, -0.2) is 13.6 Å². The molecule has 1 atom stereocenters. The minimum absolute atomic E-state index is 0.0383. The molecule has 0 saturated heterocycles. The summed E-state index contributed by atoms with van der Waals surface area (Å²) in [6.45, 7) is 6.86. The van der Waals surface area contributed by atoms with Crippen LogP contribution in [0, 0.1) is 5.41 Å². The van der Waals surface area contributed by atoms with E-state index in [9.17, 15) is 0 Å². The maximum atomic E-state index is 6.15. The Morgan fingerprint density at radius 1 is 1.38 bits per heavy atom. The third-order valence-corrected chi connectivity index (χ3v) is 3.42. The molecule has 0 aliphatic heterocycles. The molecule has 1 rings (SSSR count). The fraction of sp³-hybridized carbons (Fsp3) is 0.385. The molecule has 1 aromatic carbocycles. The van der Waals surface area contributed by atoms with Crippen LogP contribution in [0.3, 0.4) is 0 Å². The summed E-state index contributed by atoms with van der Waals surface area (Å²) in [5.41, 5.74) is 0.951. The topological polar surface area (TPSA) is 12.0 Å². The first-order chi connectivity index (χ1) is 7.52. The van der Waals surface area contributed by atoms with Gasteiger partial charge in [0.15, 0.2) is 0 Å². The summed E-state index contributed by atoms with van der Waals surface area (Å²) in [4.78, 5) is 0. The van der Waals surface area contributed by atoms with Crippen LogP contribution in [0.15, 0.2) is 30.9 Å². The average Bonchev–Trinajstić information content (AvgIpc) is 2.24. The highest BCUT2D eigenvalue weighted by Gasteiger charge is 2.22. The highest BCUT2D eigenvalue weighted by atomic mass is 35.5. The van der Waals surface area contributed by atoms with Crippen molar-refractivity contribution in [1.82, 2.24) is 5.32 Å². The number of halogens is 2. The van der Waals surface area contributed by atoms with Gasteiger partial charge in [0, 0.05) is 22.0 Å². The molecule has 0 spiro atoms. The normalized spacial score (nSPS) is 14.5. The van der Waals surface area contributed by atoms with Crippen molar-refractivity contribution in [3.8, 4) is 0 Å². The maximum Gasteiger partial charge on any atom is 0.0453 e. The molecule has 1 aromatic rings. The minimum Gasteiger partial charge on any atom is -0.319 e. The SMILES string of the molecule is C=CC(C)(CNC)Cc1c(Cl)cccc1Cl. The maximum absolute atomic E-state index is 6.15. The molecule has 1 unspecified atom stereocenters. The van der Waals surface area contributed by atoms with Crippen LogP contribution >= 0.6 is 23.2 Å². The second kappa shape index (κ2) is 5.72. The van der Waals surface area contributed by atoms with Gasteiger partial charge in [-0.25, -0.2) is 0 Å². The van der Waals surface area contributed by atoms with E-state index in [-0.39, 0.29) is 5.41 Å². The lowest BCUT2D eigenvalue weighted by molar-refractivity contribution is 0.406. The summed E-state index contributed by atoms with van der Waals surface area (Å²) in [7, 11) is 1.93. The van der Waals surface area contributed by atoms with E-state index in [2.05, 4.69) is 18.8 Å². The van der Waals surface area contributed by atoms with E-state index >= 15 is 0 Å². The van der Waals surface area contributed by atoms with Crippen molar-refractivity contribution >= 4 is 23.2 Å². The zero-order valence-electron chi connectivity index (χ0n) is 9.69. The van der Waals surface area contributed by atoms with Crippen molar-refractivity contribution in [2.24, 2.45) is 5.41 Å². The monoisotopic (exact) mass is 257 g/mol. The van der Waals surface area contributed by atoms with Crippen molar-refractivity contribution in [3.05, 3.63) is 46.5 Å². The molecule has 0 saturated carbocycles. The van der Waals surface area contributed by atoms with Gasteiger partial charge >= 0.3 is 0 Å². The lowest BCUT2D eigenvalue weighted by Gasteiger charge is -2.26. The van der Waals surface area contributed by atoms with Crippen molar-refractivity contribution in [3.63, 3.8) is 0 Å². The Labute approximate surface area is 107 Å². The molecular formula is C13H17Cl2N. The quantitative estimate of drug-likeness (QED) is 0.788. The Balaban J connectivity index is 2.98. The van der Waals surface area contributed by atoms with Crippen LogP contribution in [-0.2, 0) is 6.42 Å². The Morgan fingerprint density at radius 3 is 2.38 bits per heavy atom. The van der Waals surface area contributed by atoms with Crippen molar-refractivity contribution in [1.29, 1.82) is 0 Å². The molecule has 0 amide bonds. The predicted octanol–water partition coefficient (Wildman–Crippen LogP) is 3.95. The van der Waals surface area contributed by atoms with Crippen molar-refractivity contribution < 1.29 is 0 Å². The molecule has 88 valence electrons. The smallest absolute Gasteiger partial charge is 0.0453 e. The average molecular weight is 258 g/mol. The summed E-state index contributed by atoms with van der Waals surface area (Å²) in [5.74, 6) is 0. The number of rotatable bonds is 5. The first kappa shape index (κ1) is 13.6. The van der Waals surface area contributed by atoms with E-state index in [1.54, 1.807) is 0 Å². The van der Waals surface area contributed by atoms with Gasteiger partial charge in [-0.05, 0) is 31.2 Å². The molecule has 1 N–H and O–H groups in total. The summed E-state index contributed by atoms with van der Waals surface area (Å²) in [6, 6.07) is 5.59. The molecule has 16 heavy (non-hydrogen) atoms. The molecule has 0 aliphatic carbocycles. The summed E-state index contributed by atoms with van der Waals surface area (Å²) in [6.07, 6.45) is 2.74. The van der Waals surface area contributed by atoms with Gasteiger partial charge in [0.1, 0.15) is 0 Å². The van der Waals surface area contributed by atoms with Crippen LogP contribution in [0.1, 0.15) is 12.5 Å². The fourth-order valence-electron chi connectivity index (χ4n) is 1.72. The number of nitrogens with one attached hydrogen (secondary N) is 1. The lowest BCUT2D eigenvalue weighted by Crippen LogP contribution is -2.30. The molecule has 0 aromatic heterocycles. The van der Waals surface area contributed by atoms with Gasteiger partial charge < -0.3 is 5.32 Å². The first-order valence-corrected chi connectivity index (χ1v) is 5.99. The Bertz CT molecular complexity index is 356. The van der Waals surface area contributed by atoms with Crippen molar-refractivity contribution in [2.75, 3.05) is 13.6 Å². The van der Waals surface area contributed by atoms with Gasteiger partial charge in [-0.15, -0.1) is 6.58 Å². The van der Waals surface area contributed by atoms with E-state index in [0.717, 1.165) is 28.6 Å². The highest BCUT2D eigenvalue weighted by Crippen LogP contribution is 2.32. The number of hydrogen-bond acceptors (Lipinski definition) is 1. The van der Waals surface area contributed by atoms with Crippen LogP contribution in [0.2, 0.25) is 10.0 Å². The Kier molecular flexibility index (Phi) is 4.85. The third kappa shape index (κ3) is 3.24. The second-order valence-electron chi connectivity index (χ2n) is 4.27. The van der Waals surface area contributed by atoms with Crippen LogP contribution < -0.4 is 5.32 Å². The predicted molar refractivity (Wildman–Crippen MR) is 72.4 cm³/mol. The van der Waals surface area contributed by atoms with Gasteiger partial charge in [-0.1, -0.05) is 42.3 Å². The number of hydrogen-bond donors (Lipinski definition) is 1. The van der Waals surface area contributed by atoms with Gasteiger partial charge in [-0.3, -0.25) is 0 Å². The van der Waals surface area contributed by atoms with E-state index in [1.165, 1.54) is 0 Å². The lowest BCUT2D eigenvalue weighted by atomic mass is 9.83. The zero-order valence-corrected chi connectivity index (χ0v) is 11.2. The highest BCUT2D eigenvalue weighted by molar-refractivity contribution is 6.36. The van der Waals surface area contributed by atoms with E-state index < -0.39 is 0 Å². The fourth-order valence-corrected chi connectivity index (χ4v) is 2.25. The second-order valence-corrected chi connectivity index (χ2v) is 5.08. The standard InChI is InChI=1S/C13H17Cl2N/c1-4-13(2,9-16-3)8-10-11(14)6-5-7-12(10)15/h4-7,16H,1,8-9H2,2-3H3. The molecule has 1 nitrogen and oxygen atoms in total. The number of benzene rings is 1. The molecule has 0 radical (unpaired) electrons. The third-order valence-electron chi connectivity index (χ3n) is 2.72. The molecule has 0 fully saturated rings. The molecule has 0 aliphatic rings. The van der Waals surface area contributed by atoms with E-state index in [1.807, 2.05) is 31.3 Å². The molecule has 3 heteroatoms. The van der Waals surface area contributed by atoms with Gasteiger partial charge in [-0.2, -0.15) is 0 Å². The van der Waals surface area contributed by atoms with Gasteiger partial charge in [0.25, 0.3) is 0 Å². The van der Waals surface area contributed by atoms with Crippen molar-refractivity contribution in [2.45, 2.75) is 13.3 Å². The summed E-state index contributed by atoms with van der Waals surface area (Å²) in [5, 5.41) is 4.60. The summed E-state index contributed by atoms with van der Waals surface area (Å²) >= 11 is 12.3. The molecular weight excluding hydrogens is 241 g/mol. The largest absolute Gasteiger partial charge is 0.319 e. The van der Waals surface area contributed by atoms with Crippen LogP contribution in [0.25, 0.3) is 0 Å². The summed E-state index contributed by atoms with van der Waals surface area (Å²) < 4.78 is 0. The minimum atomic E-state index is -0.0383.